The molecule has 0 amide bonds. The molecule has 0 saturated heterocycles. The second-order valence-electron chi connectivity index (χ2n) is 7.72. The second-order valence-corrected chi connectivity index (χ2v) is 7.72. The Balaban J connectivity index is 1.86. The van der Waals surface area contributed by atoms with Crippen LogP contribution in [0, 0.1) is 5.21 Å². The minimum atomic E-state index is -0.549. The molecular formula is C20H26N2O3. The van der Waals surface area contributed by atoms with Crippen LogP contribution in [0.1, 0.15) is 32.8 Å². The Morgan fingerprint density at radius 1 is 1.28 bits per heavy atom. The molecule has 0 fully saturated rings. The van der Waals surface area contributed by atoms with Crippen molar-refractivity contribution in [2.45, 2.75) is 39.2 Å². The van der Waals surface area contributed by atoms with E-state index in [2.05, 4.69) is 6.08 Å². The van der Waals surface area contributed by atoms with Crippen LogP contribution in [0.15, 0.2) is 42.6 Å². The lowest BCUT2D eigenvalue weighted by molar-refractivity contribution is -0.875. The third-order valence-corrected chi connectivity index (χ3v) is 4.48. The molecule has 0 spiro atoms. The number of carbonyl (C=O) groups is 1. The molecule has 134 valence electrons. The van der Waals surface area contributed by atoms with Crippen molar-refractivity contribution >= 4 is 17.0 Å². The number of fused-ring (bicyclic) bond motifs is 1. The maximum absolute atomic E-state index is 12.7. The van der Waals surface area contributed by atoms with E-state index >= 15 is 0 Å². The lowest BCUT2D eigenvalue weighted by Crippen LogP contribution is -2.45. The van der Waals surface area contributed by atoms with Crippen LogP contribution >= 0.6 is 0 Å². The molecule has 2 aromatic rings. The van der Waals surface area contributed by atoms with Crippen molar-refractivity contribution < 1.29 is 14.2 Å². The van der Waals surface area contributed by atoms with E-state index in [0.29, 0.717) is 26.1 Å². The summed E-state index contributed by atoms with van der Waals surface area (Å²) in [6, 6.07) is 7.77. The number of benzene rings is 1. The number of hydrogen-bond donors (Lipinski definition) is 0. The quantitative estimate of drug-likeness (QED) is 0.476. The Bertz CT molecular complexity index is 801. The van der Waals surface area contributed by atoms with Crippen LogP contribution in [0.25, 0.3) is 10.9 Å². The highest BCUT2D eigenvalue weighted by atomic mass is 16.6. The van der Waals surface area contributed by atoms with E-state index in [1.54, 1.807) is 4.57 Å². The smallest absolute Gasteiger partial charge is 0.419 e. The number of quaternary nitrogens is 1. The molecule has 0 N–H and O–H groups in total. The summed E-state index contributed by atoms with van der Waals surface area (Å²) in [6.45, 7) is 7.24. The van der Waals surface area contributed by atoms with Gasteiger partial charge >= 0.3 is 6.09 Å². The molecule has 1 atom stereocenters. The second kappa shape index (κ2) is 6.65. The van der Waals surface area contributed by atoms with Gasteiger partial charge < -0.3 is 14.6 Å². The van der Waals surface area contributed by atoms with Crippen LogP contribution in [0.5, 0.6) is 0 Å². The van der Waals surface area contributed by atoms with Gasteiger partial charge in [0.05, 0.1) is 25.2 Å². The molecule has 3 rings (SSSR count). The average Bonchev–Trinajstić information content (AvgIpc) is 2.91. The summed E-state index contributed by atoms with van der Waals surface area (Å²) in [7, 11) is 0. The molecule has 1 unspecified atom stereocenters. The van der Waals surface area contributed by atoms with E-state index in [0.717, 1.165) is 22.9 Å². The zero-order chi connectivity index (χ0) is 18.1. The summed E-state index contributed by atoms with van der Waals surface area (Å²) < 4.78 is 6.87. The summed E-state index contributed by atoms with van der Waals surface area (Å²) in [5.41, 5.74) is 1.29. The molecule has 0 aliphatic carbocycles. The van der Waals surface area contributed by atoms with Gasteiger partial charge in [-0.05, 0) is 38.5 Å². The minimum Gasteiger partial charge on any atom is -0.633 e. The minimum absolute atomic E-state index is 0.192. The van der Waals surface area contributed by atoms with Crippen LogP contribution < -0.4 is 0 Å². The first-order valence-electron chi connectivity index (χ1n) is 8.82. The van der Waals surface area contributed by atoms with Crippen LogP contribution in [0.4, 0.5) is 4.79 Å². The maximum atomic E-state index is 12.7. The predicted octanol–water partition coefficient (Wildman–Crippen LogP) is 4.24. The number of carbonyl (C=O) groups excluding carboxylic acids is 1. The first-order valence-corrected chi connectivity index (χ1v) is 8.82. The number of aromatic nitrogens is 1. The van der Waals surface area contributed by atoms with Crippen LogP contribution in [0.2, 0.25) is 0 Å². The molecule has 0 radical (unpaired) electrons. The molecule has 0 bridgehead atoms. The zero-order valence-electron chi connectivity index (χ0n) is 15.2. The van der Waals surface area contributed by atoms with Gasteiger partial charge in [-0.1, -0.05) is 24.3 Å². The Kier molecular flexibility index (Phi) is 4.71. The molecule has 2 heterocycles. The van der Waals surface area contributed by atoms with E-state index in [4.69, 9.17) is 4.74 Å². The molecule has 1 aromatic carbocycles. The number of nitrogens with zero attached hydrogens (tertiary/aromatic N) is 2. The number of para-hydroxylation sites is 1. The van der Waals surface area contributed by atoms with Crippen molar-refractivity contribution in [2.24, 2.45) is 0 Å². The van der Waals surface area contributed by atoms with Gasteiger partial charge in [0.25, 0.3) is 0 Å². The number of rotatable bonds is 3. The van der Waals surface area contributed by atoms with Crippen LogP contribution in [-0.4, -0.2) is 40.5 Å². The molecule has 1 aliphatic heterocycles. The van der Waals surface area contributed by atoms with Crippen LogP contribution in [-0.2, 0) is 11.2 Å². The number of hydroxylamine groups is 3. The van der Waals surface area contributed by atoms with Gasteiger partial charge in [0.1, 0.15) is 5.60 Å². The molecule has 5 heteroatoms. The fourth-order valence-electron chi connectivity index (χ4n) is 3.22. The molecule has 5 nitrogen and oxygen atoms in total. The summed E-state index contributed by atoms with van der Waals surface area (Å²) in [5, 5.41) is 13.8. The van der Waals surface area contributed by atoms with E-state index in [1.807, 2.05) is 57.3 Å². The lowest BCUT2D eigenvalue weighted by atomic mass is 10.1. The highest BCUT2D eigenvalue weighted by Gasteiger charge is 2.22. The van der Waals surface area contributed by atoms with Gasteiger partial charge in [0.15, 0.2) is 0 Å². The zero-order valence-corrected chi connectivity index (χ0v) is 15.2. The Hall–Kier alpha value is -2.11. The third-order valence-electron chi connectivity index (χ3n) is 4.48. The van der Waals surface area contributed by atoms with E-state index in [-0.39, 0.29) is 10.7 Å². The molecule has 25 heavy (non-hydrogen) atoms. The predicted molar refractivity (Wildman–Crippen MR) is 99.3 cm³/mol. The topological polar surface area (TPSA) is 54.3 Å². The van der Waals surface area contributed by atoms with Gasteiger partial charge in [0, 0.05) is 24.4 Å². The van der Waals surface area contributed by atoms with Crippen LogP contribution in [0.3, 0.4) is 0 Å². The fraction of sp³-hybridized carbons (Fsp3) is 0.450. The summed E-state index contributed by atoms with van der Waals surface area (Å²) >= 11 is 0. The number of hydrogen-bond acceptors (Lipinski definition) is 3. The highest BCUT2D eigenvalue weighted by molar-refractivity contribution is 5.92. The Labute approximate surface area is 148 Å². The highest BCUT2D eigenvalue weighted by Crippen LogP contribution is 2.24. The van der Waals surface area contributed by atoms with Crippen molar-refractivity contribution in [3.05, 3.63) is 53.4 Å². The monoisotopic (exact) mass is 342 g/mol. The molecule has 1 aliphatic rings. The SMILES string of the molecule is CC(C)(C)OC(=O)n1cc(CC[N+]2([O-])CC=CCC2)c2ccccc21. The molecule has 0 saturated carbocycles. The molecule has 1 aromatic heterocycles. The summed E-state index contributed by atoms with van der Waals surface area (Å²) in [4.78, 5) is 12.5. The van der Waals surface area contributed by atoms with Crippen molar-refractivity contribution in [2.75, 3.05) is 19.6 Å². The van der Waals surface area contributed by atoms with Crippen molar-refractivity contribution in [3.63, 3.8) is 0 Å². The van der Waals surface area contributed by atoms with Gasteiger partial charge in [-0.15, -0.1) is 0 Å². The average molecular weight is 342 g/mol. The lowest BCUT2D eigenvalue weighted by Gasteiger charge is -2.43. The van der Waals surface area contributed by atoms with E-state index < -0.39 is 5.60 Å². The van der Waals surface area contributed by atoms with E-state index in [9.17, 15) is 10.0 Å². The van der Waals surface area contributed by atoms with Gasteiger partial charge in [-0.25, -0.2) is 4.79 Å². The number of ether oxygens (including phenoxy) is 1. The summed E-state index contributed by atoms with van der Waals surface area (Å²) in [5.74, 6) is 0. The van der Waals surface area contributed by atoms with E-state index in [1.165, 1.54) is 0 Å². The Morgan fingerprint density at radius 3 is 2.72 bits per heavy atom. The first-order chi connectivity index (χ1) is 11.8. The molecular weight excluding hydrogens is 316 g/mol. The largest absolute Gasteiger partial charge is 0.633 e. The van der Waals surface area contributed by atoms with Crippen molar-refractivity contribution in [3.8, 4) is 0 Å². The first kappa shape index (κ1) is 17.7. The van der Waals surface area contributed by atoms with Gasteiger partial charge in [-0.2, -0.15) is 0 Å². The normalized spacial score (nSPS) is 20.8. The fourth-order valence-corrected chi connectivity index (χ4v) is 3.22. The van der Waals surface area contributed by atoms with Crippen molar-refractivity contribution in [1.82, 2.24) is 4.57 Å². The summed E-state index contributed by atoms with van der Waals surface area (Å²) in [6.07, 6.45) is 6.96. The van der Waals surface area contributed by atoms with Crippen molar-refractivity contribution in [1.29, 1.82) is 0 Å². The maximum Gasteiger partial charge on any atom is 0.419 e. The van der Waals surface area contributed by atoms with Gasteiger partial charge in [-0.3, -0.25) is 4.57 Å². The standard InChI is InChI=1S/C20H26N2O3/c1-20(2,3)25-19(23)21-15-16(17-9-5-6-10-18(17)21)11-14-22(24)12-7-4-8-13-22/h4-7,9-10,15H,8,11-14H2,1-3H3. The third kappa shape index (κ3) is 4.11. The van der Waals surface area contributed by atoms with Gasteiger partial charge in [0.2, 0.25) is 0 Å². The Morgan fingerprint density at radius 2 is 2.04 bits per heavy atom.